The molecule has 2 aromatic carbocycles. The van der Waals surface area contributed by atoms with Crippen LogP contribution in [0.1, 0.15) is 38.3 Å². The highest BCUT2D eigenvalue weighted by Gasteiger charge is 2.45. The van der Waals surface area contributed by atoms with Gasteiger partial charge in [-0.2, -0.15) is 13.2 Å². The minimum Gasteiger partial charge on any atom is -0.487 e. The first kappa shape index (κ1) is 32.6. The molecule has 218 valence electrons. The number of aliphatic carboxylic acids is 1. The minimum atomic E-state index is -5.52. The predicted molar refractivity (Wildman–Crippen MR) is 143 cm³/mol. The summed E-state index contributed by atoms with van der Waals surface area (Å²) in [5.74, 6) is -6.25. The van der Waals surface area contributed by atoms with Crippen LogP contribution in [-0.4, -0.2) is 47.4 Å². The molecule has 0 heterocycles. The Hall–Kier alpha value is -3.61. The summed E-state index contributed by atoms with van der Waals surface area (Å²) >= 11 is 3.20. The molecule has 13 heteroatoms. The molecule has 0 aliphatic carbocycles. The zero-order valence-electron chi connectivity index (χ0n) is 22.0. The van der Waals surface area contributed by atoms with Gasteiger partial charge in [-0.05, 0) is 45.2 Å². The Bertz CT molecular complexity index is 1230. The normalized spacial score (nSPS) is 12.3. The van der Waals surface area contributed by atoms with Crippen molar-refractivity contribution in [2.45, 2.75) is 58.0 Å². The number of carbonyl (C=O) groups excluding carboxylic acids is 2. The first-order chi connectivity index (χ1) is 18.5. The Labute approximate surface area is 237 Å². The number of alkyl carbamates (subject to hydrolysis) is 1. The van der Waals surface area contributed by atoms with Gasteiger partial charge >= 0.3 is 24.1 Å². The van der Waals surface area contributed by atoms with E-state index in [1.165, 1.54) is 6.08 Å². The summed E-state index contributed by atoms with van der Waals surface area (Å²) in [7, 11) is 0. The number of nitrogens with zero attached hydrogens (tertiary/aromatic N) is 1. The van der Waals surface area contributed by atoms with Crippen molar-refractivity contribution >= 4 is 39.6 Å². The average molecular weight is 633 g/mol. The standard InChI is InChI=1S/C27H29BrF4N2O6/c1-5-9-17(33-25(38)40-26(2,3)4)12-18-19(28)13-20(39-15-16-10-7-6-8-11-16)23(22(18)29)34(14-21(35)36)24(37)27(30,31)32/h5-8,10-11,13,17H,1,9,12,14-15H2,2-4H3,(H,33,38)(H,35,36). The minimum absolute atomic E-state index is 0.0478. The van der Waals surface area contributed by atoms with Gasteiger partial charge in [-0.25, -0.2) is 9.18 Å². The van der Waals surface area contributed by atoms with Gasteiger partial charge in [0.1, 0.15) is 30.2 Å². The maximum Gasteiger partial charge on any atom is 0.471 e. The molecule has 0 spiro atoms. The van der Waals surface area contributed by atoms with Gasteiger partial charge in [0.25, 0.3) is 0 Å². The molecule has 1 atom stereocenters. The fourth-order valence-corrected chi connectivity index (χ4v) is 4.11. The van der Waals surface area contributed by atoms with Crippen molar-refractivity contribution in [1.82, 2.24) is 5.32 Å². The van der Waals surface area contributed by atoms with Crippen LogP contribution in [0.5, 0.6) is 5.75 Å². The highest BCUT2D eigenvalue weighted by molar-refractivity contribution is 9.10. The van der Waals surface area contributed by atoms with Crippen molar-refractivity contribution in [3.63, 3.8) is 0 Å². The van der Waals surface area contributed by atoms with E-state index >= 15 is 4.39 Å². The maximum atomic E-state index is 16.1. The Kier molecular flexibility index (Phi) is 11.1. The highest BCUT2D eigenvalue weighted by atomic mass is 79.9. The Balaban J connectivity index is 2.63. The van der Waals surface area contributed by atoms with Gasteiger partial charge in [0.2, 0.25) is 0 Å². The second-order valence-corrected chi connectivity index (χ2v) is 10.5. The summed E-state index contributed by atoms with van der Waals surface area (Å²) in [6, 6.07) is 8.71. The van der Waals surface area contributed by atoms with E-state index in [0.717, 1.165) is 6.07 Å². The lowest BCUT2D eigenvalue weighted by Gasteiger charge is -2.27. The fraction of sp³-hybridized carbons (Fsp3) is 0.370. The van der Waals surface area contributed by atoms with E-state index in [4.69, 9.17) is 9.47 Å². The summed E-state index contributed by atoms with van der Waals surface area (Å²) in [5.41, 5.74) is -1.51. The van der Waals surface area contributed by atoms with Gasteiger partial charge in [-0.1, -0.05) is 52.3 Å². The van der Waals surface area contributed by atoms with E-state index in [1.54, 1.807) is 51.1 Å². The number of benzene rings is 2. The van der Waals surface area contributed by atoms with E-state index in [-0.39, 0.29) is 34.4 Å². The third kappa shape index (κ3) is 9.54. The number of anilines is 1. The molecule has 1 unspecified atom stereocenters. The summed E-state index contributed by atoms with van der Waals surface area (Å²) in [6.07, 6.45) is -5.07. The molecule has 0 fully saturated rings. The quantitative estimate of drug-likeness (QED) is 0.227. The summed E-state index contributed by atoms with van der Waals surface area (Å²) < 4.78 is 67.5. The molecular weight excluding hydrogens is 604 g/mol. The molecule has 2 amide bonds. The van der Waals surface area contributed by atoms with Gasteiger partial charge in [-0.3, -0.25) is 14.5 Å². The largest absolute Gasteiger partial charge is 0.487 e. The number of carboxylic acids is 1. The number of nitrogens with one attached hydrogen (secondary N) is 1. The van der Waals surface area contributed by atoms with Gasteiger partial charge in [-0.15, -0.1) is 6.58 Å². The Morgan fingerprint density at radius 1 is 1.18 bits per heavy atom. The summed E-state index contributed by atoms with van der Waals surface area (Å²) in [6.45, 7) is 6.80. The van der Waals surface area contributed by atoms with Gasteiger partial charge < -0.3 is 19.9 Å². The number of alkyl halides is 3. The van der Waals surface area contributed by atoms with E-state index in [9.17, 15) is 32.7 Å². The number of ether oxygens (including phenoxy) is 2. The molecule has 2 N–H and O–H groups in total. The maximum absolute atomic E-state index is 16.1. The molecule has 2 aromatic rings. The highest BCUT2D eigenvalue weighted by Crippen LogP contribution is 2.40. The van der Waals surface area contributed by atoms with Crippen LogP contribution >= 0.6 is 15.9 Å². The Morgan fingerprint density at radius 3 is 2.33 bits per heavy atom. The average Bonchev–Trinajstić information content (AvgIpc) is 2.82. The van der Waals surface area contributed by atoms with Crippen LogP contribution in [0, 0.1) is 5.82 Å². The molecule has 2 rings (SSSR count). The van der Waals surface area contributed by atoms with Gasteiger partial charge in [0.05, 0.1) is 0 Å². The van der Waals surface area contributed by atoms with E-state index in [0.29, 0.717) is 5.56 Å². The van der Waals surface area contributed by atoms with Crippen molar-refractivity contribution in [3.05, 3.63) is 70.5 Å². The van der Waals surface area contributed by atoms with Crippen molar-refractivity contribution in [3.8, 4) is 5.75 Å². The molecule has 8 nitrogen and oxygen atoms in total. The lowest BCUT2D eigenvalue weighted by atomic mass is 10.0. The summed E-state index contributed by atoms with van der Waals surface area (Å²) in [4.78, 5) is 35.9. The molecule has 0 aliphatic heterocycles. The van der Waals surface area contributed by atoms with Crippen molar-refractivity contribution < 1.29 is 46.5 Å². The van der Waals surface area contributed by atoms with Crippen LogP contribution in [-0.2, 0) is 27.4 Å². The lowest BCUT2D eigenvalue weighted by Crippen LogP contribution is -2.45. The number of carbonyl (C=O) groups is 3. The number of carboxylic acid groups (broad SMARTS) is 1. The second kappa shape index (κ2) is 13.6. The molecule has 0 bridgehead atoms. The lowest BCUT2D eigenvalue weighted by molar-refractivity contribution is -0.171. The number of hydrogen-bond donors (Lipinski definition) is 2. The fourth-order valence-electron chi connectivity index (χ4n) is 3.57. The van der Waals surface area contributed by atoms with Gasteiger partial charge in [0.15, 0.2) is 5.82 Å². The van der Waals surface area contributed by atoms with E-state index in [2.05, 4.69) is 27.8 Å². The number of amides is 2. The van der Waals surface area contributed by atoms with Crippen LogP contribution in [0.3, 0.4) is 0 Å². The topological polar surface area (TPSA) is 105 Å². The monoisotopic (exact) mass is 632 g/mol. The van der Waals surface area contributed by atoms with E-state index in [1.807, 2.05) is 0 Å². The Morgan fingerprint density at radius 2 is 1.80 bits per heavy atom. The molecule has 0 aliphatic rings. The number of hydrogen-bond acceptors (Lipinski definition) is 5. The number of halogens is 5. The molecule has 0 saturated heterocycles. The first-order valence-corrected chi connectivity index (χ1v) is 12.7. The van der Waals surface area contributed by atoms with Crippen LogP contribution in [0.2, 0.25) is 0 Å². The zero-order chi connectivity index (χ0) is 30.3. The molecule has 0 radical (unpaired) electrons. The second-order valence-electron chi connectivity index (χ2n) is 9.63. The first-order valence-electron chi connectivity index (χ1n) is 11.9. The van der Waals surface area contributed by atoms with Crippen LogP contribution in [0.4, 0.5) is 28.0 Å². The molecule has 40 heavy (non-hydrogen) atoms. The predicted octanol–water partition coefficient (Wildman–Crippen LogP) is 6.16. The third-order valence-corrected chi connectivity index (χ3v) is 5.87. The van der Waals surface area contributed by atoms with Crippen LogP contribution < -0.4 is 15.0 Å². The number of rotatable bonds is 11. The third-order valence-electron chi connectivity index (χ3n) is 5.16. The smallest absolute Gasteiger partial charge is 0.471 e. The van der Waals surface area contributed by atoms with Crippen LogP contribution in [0.15, 0.2) is 53.5 Å². The van der Waals surface area contributed by atoms with Crippen molar-refractivity contribution in [2.24, 2.45) is 0 Å². The zero-order valence-corrected chi connectivity index (χ0v) is 23.6. The van der Waals surface area contributed by atoms with Crippen molar-refractivity contribution in [1.29, 1.82) is 0 Å². The van der Waals surface area contributed by atoms with E-state index < -0.39 is 59.6 Å². The van der Waals surface area contributed by atoms with Crippen LogP contribution in [0.25, 0.3) is 0 Å². The van der Waals surface area contributed by atoms with Crippen molar-refractivity contribution in [2.75, 3.05) is 11.4 Å². The summed E-state index contributed by atoms with van der Waals surface area (Å²) in [5, 5.41) is 11.8. The molecule has 0 aromatic heterocycles. The molecular formula is C27H29BrF4N2O6. The van der Waals surface area contributed by atoms with Gasteiger partial charge in [0, 0.05) is 16.1 Å². The molecule has 0 saturated carbocycles. The SMILES string of the molecule is C=CCC(Cc1c(Br)cc(OCc2ccccc2)c(N(CC(=O)O)C(=O)C(F)(F)F)c1F)NC(=O)OC(C)(C)C.